The van der Waals surface area contributed by atoms with Crippen LogP contribution in [0, 0.1) is 0 Å². The zero-order valence-corrected chi connectivity index (χ0v) is 14.1. The van der Waals surface area contributed by atoms with E-state index in [2.05, 4.69) is 15.3 Å². The van der Waals surface area contributed by atoms with Crippen molar-refractivity contribution in [1.82, 2.24) is 9.97 Å². The first-order valence-corrected chi connectivity index (χ1v) is 8.98. The van der Waals surface area contributed by atoms with Crippen molar-refractivity contribution in [3.8, 4) is 5.75 Å². The Kier molecular flexibility index (Phi) is 4.81. The molecule has 1 aromatic heterocycles. The molecule has 2 atom stereocenters. The molecular weight excluding hydrogens is 328 g/mol. The van der Waals surface area contributed by atoms with E-state index in [-0.39, 0.29) is 6.04 Å². The number of nitrogens with one attached hydrogen (secondary N) is 1. The fraction of sp³-hybridized carbons (Fsp3) is 0.333. The molecule has 9 heteroatoms. The van der Waals surface area contributed by atoms with Gasteiger partial charge in [0.15, 0.2) is 5.82 Å². The number of hydrogen-bond donors (Lipinski definition) is 3. The molecule has 0 saturated carbocycles. The molecule has 0 spiro atoms. The predicted octanol–water partition coefficient (Wildman–Crippen LogP) is 1.01. The molecule has 0 radical (unpaired) electrons. The molecule has 24 heavy (non-hydrogen) atoms. The number of nitrogen functional groups attached to an aromatic ring is 1. The average Bonchev–Trinajstić information content (AvgIpc) is 3.01. The second kappa shape index (κ2) is 7.02. The van der Waals surface area contributed by atoms with Gasteiger partial charge in [-0.15, -0.1) is 0 Å². The van der Waals surface area contributed by atoms with Crippen LogP contribution >= 0.6 is 0 Å². The van der Waals surface area contributed by atoms with Crippen LogP contribution in [0.2, 0.25) is 0 Å². The van der Waals surface area contributed by atoms with Crippen LogP contribution in [0.25, 0.3) is 0 Å². The Labute approximate surface area is 142 Å². The van der Waals surface area contributed by atoms with Gasteiger partial charge < -0.3 is 15.8 Å². The summed E-state index contributed by atoms with van der Waals surface area (Å²) in [6, 6.07) is 7.34. The molecule has 1 aromatic carbocycles. The first kappa shape index (κ1) is 16.5. The smallest absolute Gasteiger partial charge is 0.225 e. The number of hydrogen-bond acceptors (Lipinski definition) is 8. The molecule has 1 aliphatic heterocycles. The van der Waals surface area contributed by atoms with Crippen molar-refractivity contribution in [2.24, 2.45) is 5.84 Å². The molecular formula is C15H20N6O2S. The molecule has 2 aromatic rings. The number of anilines is 4. The third-order valence-corrected chi connectivity index (χ3v) is 5.25. The van der Waals surface area contributed by atoms with Crippen molar-refractivity contribution in [2.75, 3.05) is 34.7 Å². The van der Waals surface area contributed by atoms with Gasteiger partial charge in [0.25, 0.3) is 0 Å². The van der Waals surface area contributed by atoms with E-state index in [1.165, 1.54) is 11.2 Å². The lowest BCUT2D eigenvalue weighted by Gasteiger charge is -2.20. The molecule has 1 fully saturated rings. The van der Waals surface area contributed by atoms with E-state index >= 15 is 0 Å². The van der Waals surface area contributed by atoms with Crippen molar-refractivity contribution < 1.29 is 8.95 Å². The fourth-order valence-corrected chi connectivity index (χ4v) is 3.88. The van der Waals surface area contributed by atoms with Gasteiger partial charge in [-0.05, 0) is 30.7 Å². The summed E-state index contributed by atoms with van der Waals surface area (Å²) in [4.78, 5) is 8.59. The Morgan fingerprint density at radius 1 is 1.38 bits per heavy atom. The maximum atomic E-state index is 11.5. The molecule has 1 saturated heterocycles. The Balaban J connectivity index is 1.80. The lowest BCUT2D eigenvalue weighted by Crippen LogP contribution is -2.28. The fourth-order valence-electron chi connectivity index (χ4n) is 2.47. The van der Waals surface area contributed by atoms with Crippen LogP contribution in [-0.4, -0.2) is 38.8 Å². The van der Waals surface area contributed by atoms with Crippen LogP contribution in [0.3, 0.4) is 0 Å². The van der Waals surface area contributed by atoms with Gasteiger partial charge in [0.1, 0.15) is 5.75 Å². The normalized spacial score (nSPS) is 19.9. The SMILES string of the molecule is COc1ccc(N(N)c2nc(NC3CCS(=O)C3)ncc2N)cc1. The molecule has 2 heterocycles. The second-order valence-corrected chi connectivity index (χ2v) is 7.10. The number of benzene rings is 1. The number of ether oxygens (including phenoxy) is 1. The monoisotopic (exact) mass is 348 g/mol. The molecule has 3 rings (SSSR count). The number of nitrogens with zero attached hydrogens (tertiary/aromatic N) is 3. The summed E-state index contributed by atoms with van der Waals surface area (Å²) in [6.45, 7) is 0. The van der Waals surface area contributed by atoms with Gasteiger partial charge in [-0.1, -0.05) is 0 Å². The van der Waals surface area contributed by atoms with E-state index < -0.39 is 10.8 Å². The summed E-state index contributed by atoms with van der Waals surface area (Å²) in [7, 11) is 0.835. The Morgan fingerprint density at radius 2 is 2.12 bits per heavy atom. The summed E-state index contributed by atoms with van der Waals surface area (Å²) < 4.78 is 16.6. The highest BCUT2D eigenvalue weighted by molar-refractivity contribution is 7.85. The van der Waals surface area contributed by atoms with Gasteiger partial charge in [0.05, 0.1) is 24.7 Å². The minimum Gasteiger partial charge on any atom is -0.497 e. The van der Waals surface area contributed by atoms with Gasteiger partial charge in [-0.2, -0.15) is 4.98 Å². The van der Waals surface area contributed by atoms with E-state index in [1.807, 2.05) is 12.1 Å². The van der Waals surface area contributed by atoms with E-state index in [4.69, 9.17) is 16.3 Å². The average molecular weight is 348 g/mol. The van der Waals surface area contributed by atoms with Crippen molar-refractivity contribution in [1.29, 1.82) is 0 Å². The van der Waals surface area contributed by atoms with Crippen molar-refractivity contribution in [3.63, 3.8) is 0 Å². The third kappa shape index (κ3) is 3.57. The zero-order valence-electron chi connectivity index (χ0n) is 13.3. The predicted molar refractivity (Wildman–Crippen MR) is 95.7 cm³/mol. The summed E-state index contributed by atoms with van der Waals surface area (Å²) in [5.74, 6) is 9.02. The topological polar surface area (TPSA) is 119 Å². The first-order chi connectivity index (χ1) is 11.6. The highest BCUT2D eigenvalue weighted by Crippen LogP contribution is 2.27. The van der Waals surface area contributed by atoms with Gasteiger partial charge in [0, 0.05) is 28.3 Å². The van der Waals surface area contributed by atoms with E-state index in [0.717, 1.165) is 12.2 Å². The summed E-state index contributed by atoms with van der Waals surface area (Å²) in [6.07, 6.45) is 2.35. The molecule has 2 unspecified atom stereocenters. The summed E-state index contributed by atoms with van der Waals surface area (Å²) in [5.41, 5.74) is 7.05. The van der Waals surface area contributed by atoms with E-state index in [1.54, 1.807) is 19.2 Å². The van der Waals surface area contributed by atoms with Gasteiger partial charge >= 0.3 is 0 Å². The second-order valence-electron chi connectivity index (χ2n) is 5.48. The minimum absolute atomic E-state index is 0.106. The van der Waals surface area contributed by atoms with E-state index in [9.17, 15) is 4.21 Å². The lowest BCUT2D eigenvalue weighted by molar-refractivity contribution is 0.415. The van der Waals surface area contributed by atoms with Crippen LogP contribution in [0.15, 0.2) is 30.5 Å². The third-order valence-electron chi connectivity index (χ3n) is 3.79. The summed E-state index contributed by atoms with van der Waals surface area (Å²) in [5, 5.41) is 4.59. The maximum Gasteiger partial charge on any atom is 0.225 e. The Bertz CT molecular complexity index is 739. The van der Waals surface area contributed by atoms with Crippen molar-refractivity contribution in [3.05, 3.63) is 30.5 Å². The number of nitrogens with two attached hydrogens (primary N) is 2. The van der Waals surface area contributed by atoms with Crippen LogP contribution in [0.1, 0.15) is 6.42 Å². The highest BCUT2D eigenvalue weighted by Gasteiger charge is 2.22. The van der Waals surface area contributed by atoms with Gasteiger partial charge in [-0.25, -0.2) is 10.8 Å². The largest absolute Gasteiger partial charge is 0.497 e. The molecule has 128 valence electrons. The molecule has 8 nitrogen and oxygen atoms in total. The maximum absolute atomic E-state index is 11.5. The number of methoxy groups -OCH3 is 1. The molecule has 1 aliphatic rings. The van der Waals surface area contributed by atoms with Crippen LogP contribution in [0.5, 0.6) is 5.75 Å². The molecule has 0 bridgehead atoms. The lowest BCUT2D eigenvalue weighted by atomic mass is 10.3. The van der Waals surface area contributed by atoms with Crippen molar-refractivity contribution in [2.45, 2.75) is 12.5 Å². The van der Waals surface area contributed by atoms with Crippen LogP contribution in [0.4, 0.5) is 23.1 Å². The van der Waals surface area contributed by atoms with Crippen LogP contribution in [-0.2, 0) is 10.8 Å². The first-order valence-electron chi connectivity index (χ1n) is 7.49. The summed E-state index contributed by atoms with van der Waals surface area (Å²) >= 11 is 0. The molecule has 0 amide bonds. The quantitative estimate of drug-likeness (QED) is 0.541. The Hall–Kier alpha value is -2.39. The number of aromatic nitrogens is 2. The van der Waals surface area contributed by atoms with E-state index in [0.29, 0.717) is 34.6 Å². The Morgan fingerprint density at radius 3 is 2.75 bits per heavy atom. The standard InChI is InChI=1S/C15H20N6O2S/c1-23-12-4-2-11(3-5-12)21(17)14-13(16)8-18-15(20-14)19-10-6-7-24(22)9-10/h2-5,8,10H,6-7,9,16-17H2,1H3,(H,18,19,20). The number of hydrazine groups is 1. The highest BCUT2D eigenvalue weighted by atomic mass is 32.2. The van der Waals surface area contributed by atoms with Crippen LogP contribution < -0.4 is 26.6 Å². The molecule has 5 N–H and O–H groups in total. The minimum atomic E-state index is -0.768. The zero-order chi connectivity index (χ0) is 17.1. The van der Waals surface area contributed by atoms with Gasteiger partial charge in [-0.3, -0.25) is 9.22 Å². The number of rotatable bonds is 5. The molecule has 0 aliphatic carbocycles. The van der Waals surface area contributed by atoms with Crippen molar-refractivity contribution >= 4 is 33.9 Å². The van der Waals surface area contributed by atoms with Gasteiger partial charge in [0.2, 0.25) is 5.95 Å².